The van der Waals surface area contributed by atoms with E-state index in [9.17, 15) is 18.0 Å². The van der Waals surface area contributed by atoms with Crippen LogP contribution in [0.15, 0.2) is 0 Å². The molecule has 4 N–H and O–H groups in total. The summed E-state index contributed by atoms with van der Waals surface area (Å²) in [5.41, 5.74) is 5.13. The first kappa shape index (κ1) is 16.1. The molecule has 0 bridgehead atoms. The molecule has 0 saturated heterocycles. The van der Waals surface area contributed by atoms with Crippen molar-refractivity contribution in [2.75, 3.05) is 0 Å². The van der Waals surface area contributed by atoms with Crippen LogP contribution in [-0.4, -0.2) is 34.4 Å². The molecule has 0 rings (SSSR count). The van der Waals surface area contributed by atoms with Gasteiger partial charge in [0, 0.05) is 0 Å². The van der Waals surface area contributed by atoms with Gasteiger partial charge in [0.05, 0.1) is 0 Å². The Morgan fingerprint density at radius 1 is 1.33 bits per heavy atom. The van der Waals surface area contributed by atoms with Gasteiger partial charge in [0.25, 0.3) is 0 Å². The van der Waals surface area contributed by atoms with Crippen LogP contribution in [0.25, 0.3) is 0 Å². The molecule has 0 amide bonds. The van der Waals surface area contributed by atoms with Crippen LogP contribution >= 0.6 is 0 Å². The van der Waals surface area contributed by atoms with Crippen LogP contribution in [-0.2, 0) is 9.59 Å². The third-order valence-electron chi connectivity index (χ3n) is 1.16. The maximum Gasteiger partial charge on any atom is 0.490 e. The van der Waals surface area contributed by atoms with Crippen LogP contribution in [0.5, 0.6) is 0 Å². The normalized spacial score (nSPS) is 12.3. The average molecular weight is 231 g/mol. The van der Waals surface area contributed by atoms with Crippen molar-refractivity contribution in [1.82, 2.24) is 0 Å². The molecule has 8 heteroatoms. The highest BCUT2D eigenvalue weighted by Gasteiger charge is 2.38. The number of rotatable bonds is 3. The van der Waals surface area contributed by atoms with E-state index in [1.807, 2.05) is 6.92 Å². The van der Waals surface area contributed by atoms with E-state index in [4.69, 9.17) is 20.7 Å². The van der Waals surface area contributed by atoms with Gasteiger partial charge < -0.3 is 15.9 Å². The molecule has 1 atom stereocenters. The topological polar surface area (TPSA) is 101 Å². The van der Waals surface area contributed by atoms with Gasteiger partial charge in [0.2, 0.25) is 0 Å². The second kappa shape index (κ2) is 7.04. The van der Waals surface area contributed by atoms with Crippen molar-refractivity contribution in [3.63, 3.8) is 0 Å². The van der Waals surface area contributed by atoms with E-state index < -0.39 is 24.2 Å². The second-order valence-corrected chi connectivity index (χ2v) is 2.54. The number of alkyl halides is 3. The molecule has 15 heavy (non-hydrogen) atoms. The summed E-state index contributed by atoms with van der Waals surface area (Å²) in [6, 6.07) is -0.667. The summed E-state index contributed by atoms with van der Waals surface area (Å²) in [7, 11) is 0. The van der Waals surface area contributed by atoms with Crippen LogP contribution in [0, 0.1) is 0 Å². The van der Waals surface area contributed by atoms with Gasteiger partial charge in [-0.3, -0.25) is 4.79 Å². The molecule has 0 aliphatic heterocycles. The van der Waals surface area contributed by atoms with Gasteiger partial charge in [-0.1, -0.05) is 13.3 Å². The quantitative estimate of drug-likeness (QED) is 0.667. The molecule has 0 aromatic heterocycles. The Kier molecular flexibility index (Phi) is 7.58. The predicted octanol–water partition coefficient (Wildman–Crippen LogP) is 0.832. The van der Waals surface area contributed by atoms with Crippen molar-refractivity contribution < 1.29 is 33.0 Å². The van der Waals surface area contributed by atoms with Crippen molar-refractivity contribution in [2.45, 2.75) is 32.0 Å². The number of carboxylic acid groups (broad SMARTS) is 2. The molecule has 0 spiro atoms. The Balaban J connectivity index is 0. The van der Waals surface area contributed by atoms with Gasteiger partial charge in [-0.25, -0.2) is 4.79 Å². The fourth-order valence-electron chi connectivity index (χ4n) is 0.434. The first-order valence-electron chi connectivity index (χ1n) is 3.91. The van der Waals surface area contributed by atoms with Gasteiger partial charge in [-0.05, 0) is 6.42 Å². The number of aliphatic carboxylic acids is 2. The van der Waals surface area contributed by atoms with E-state index in [1.165, 1.54) is 0 Å². The van der Waals surface area contributed by atoms with Crippen molar-refractivity contribution in [3.8, 4) is 0 Å². The number of carbonyl (C=O) groups is 2. The lowest BCUT2D eigenvalue weighted by Gasteiger charge is -2.00. The summed E-state index contributed by atoms with van der Waals surface area (Å²) < 4.78 is 31.7. The van der Waals surface area contributed by atoms with Gasteiger partial charge in [0.1, 0.15) is 6.04 Å². The van der Waals surface area contributed by atoms with Crippen LogP contribution in [0.2, 0.25) is 0 Å². The molecule has 0 aliphatic carbocycles. The minimum absolute atomic E-state index is 0.565. The lowest BCUT2D eigenvalue weighted by Crippen LogP contribution is -2.29. The van der Waals surface area contributed by atoms with Crippen molar-refractivity contribution in [3.05, 3.63) is 0 Å². The maximum absolute atomic E-state index is 10.6. The molecule has 0 aromatic carbocycles. The Bertz CT molecular complexity index is 217. The van der Waals surface area contributed by atoms with E-state index in [0.29, 0.717) is 6.42 Å². The number of halogens is 3. The monoisotopic (exact) mass is 231 g/mol. The molecular weight excluding hydrogens is 219 g/mol. The molecule has 90 valence electrons. The summed E-state index contributed by atoms with van der Waals surface area (Å²) in [5.74, 6) is -3.67. The lowest BCUT2D eigenvalue weighted by molar-refractivity contribution is -0.192. The Morgan fingerprint density at radius 3 is 1.73 bits per heavy atom. The largest absolute Gasteiger partial charge is 0.490 e. The minimum atomic E-state index is -5.08. The average Bonchev–Trinajstić information content (AvgIpc) is 2.03. The van der Waals surface area contributed by atoms with E-state index in [0.717, 1.165) is 6.42 Å². The zero-order valence-corrected chi connectivity index (χ0v) is 7.91. The Labute approximate surface area is 83.7 Å². The standard InChI is InChI=1S/C5H11NO2.C2HF3O2/c1-2-3-4(6)5(7)8;3-2(4,5)1(6)7/h4H,2-3,6H2,1H3,(H,7,8);(H,6,7). The van der Waals surface area contributed by atoms with E-state index in [2.05, 4.69) is 0 Å². The smallest absolute Gasteiger partial charge is 0.480 e. The van der Waals surface area contributed by atoms with Gasteiger partial charge in [-0.15, -0.1) is 0 Å². The molecule has 0 saturated carbocycles. The van der Waals surface area contributed by atoms with E-state index in [-0.39, 0.29) is 0 Å². The summed E-state index contributed by atoms with van der Waals surface area (Å²) in [6.45, 7) is 1.91. The predicted molar refractivity (Wildman–Crippen MR) is 44.2 cm³/mol. The minimum Gasteiger partial charge on any atom is -0.480 e. The fourth-order valence-corrected chi connectivity index (χ4v) is 0.434. The van der Waals surface area contributed by atoms with Crippen molar-refractivity contribution in [2.24, 2.45) is 5.73 Å². The molecular formula is C7H12F3NO4. The van der Waals surface area contributed by atoms with Crippen LogP contribution < -0.4 is 5.73 Å². The van der Waals surface area contributed by atoms with Gasteiger partial charge in [-0.2, -0.15) is 13.2 Å². The number of hydrogen-bond acceptors (Lipinski definition) is 3. The summed E-state index contributed by atoms with van der Waals surface area (Å²) in [4.78, 5) is 18.9. The van der Waals surface area contributed by atoms with Crippen molar-refractivity contribution in [1.29, 1.82) is 0 Å². The van der Waals surface area contributed by atoms with E-state index >= 15 is 0 Å². The van der Waals surface area contributed by atoms with Gasteiger partial charge in [0.15, 0.2) is 0 Å². The van der Waals surface area contributed by atoms with Crippen molar-refractivity contribution >= 4 is 11.9 Å². The molecule has 0 fully saturated rings. The number of nitrogens with two attached hydrogens (primary N) is 1. The zero-order chi connectivity index (χ0) is 12.6. The molecule has 0 aromatic rings. The molecule has 0 heterocycles. The highest BCUT2D eigenvalue weighted by Crippen LogP contribution is 2.13. The third-order valence-corrected chi connectivity index (χ3v) is 1.16. The Hall–Kier alpha value is -1.31. The molecule has 0 radical (unpaired) electrons. The second-order valence-electron chi connectivity index (χ2n) is 2.54. The molecule has 0 aliphatic rings. The van der Waals surface area contributed by atoms with E-state index in [1.54, 1.807) is 0 Å². The maximum atomic E-state index is 10.6. The Morgan fingerprint density at radius 2 is 1.67 bits per heavy atom. The van der Waals surface area contributed by atoms with Crippen LogP contribution in [0.4, 0.5) is 13.2 Å². The molecule has 5 nitrogen and oxygen atoms in total. The zero-order valence-electron chi connectivity index (χ0n) is 7.91. The van der Waals surface area contributed by atoms with Gasteiger partial charge >= 0.3 is 18.1 Å². The highest BCUT2D eigenvalue weighted by molar-refractivity contribution is 5.73. The third kappa shape index (κ3) is 10.6. The number of carboxylic acids is 2. The SMILES string of the molecule is CCCC(N)C(=O)O.O=C(O)C(F)(F)F. The summed E-state index contributed by atoms with van der Waals surface area (Å²) in [5, 5.41) is 15.3. The van der Waals surface area contributed by atoms with Crippen LogP contribution in [0.3, 0.4) is 0 Å². The fraction of sp³-hybridized carbons (Fsp3) is 0.714. The first-order chi connectivity index (χ1) is 6.62. The summed E-state index contributed by atoms with van der Waals surface area (Å²) in [6.07, 6.45) is -3.69. The highest BCUT2D eigenvalue weighted by atomic mass is 19.4. The summed E-state index contributed by atoms with van der Waals surface area (Å²) >= 11 is 0. The molecule has 1 unspecified atom stereocenters. The lowest BCUT2D eigenvalue weighted by atomic mass is 10.2. The van der Waals surface area contributed by atoms with Crippen LogP contribution in [0.1, 0.15) is 19.8 Å². The first-order valence-corrected chi connectivity index (χ1v) is 3.91. The number of hydrogen-bond donors (Lipinski definition) is 3.